The van der Waals surface area contributed by atoms with Crippen LogP contribution in [0.1, 0.15) is 4.88 Å². The molecule has 0 spiro atoms. The van der Waals surface area contributed by atoms with Crippen molar-refractivity contribution in [3.05, 3.63) is 28.7 Å². The number of thioether (sulfide) groups is 1. The van der Waals surface area contributed by atoms with Gasteiger partial charge in [-0.15, -0.1) is 11.3 Å². The minimum Gasteiger partial charge on any atom is -0.355 e. The SMILES string of the molecule is O=C(Cc1cccs1)NCCSc1ncn[nH]1. The second kappa shape index (κ2) is 6.41. The van der Waals surface area contributed by atoms with E-state index in [2.05, 4.69) is 20.5 Å². The molecule has 0 aromatic carbocycles. The summed E-state index contributed by atoms with van der Waals surface area (Å²) in [5.74, 6) is 0.844. The van der Waals surface area contributed by atoms with Crippen molar-refractivity contribution < 1.29 is 4.79 Å². The van der Waals surface area contributed by atoms with Crippen LogP contribution in [0, 0.1) is 0 Å². The molecule has 0 saturated carbocycles. The zero-order chi connectivity index (χ0) is 11.9. The molecule has 0 bridgehead atoms. The van der Waals surface area contributed by atoms with Gasteiger partial charge >= 0.3 is 0 Å². The fraction of sp³-hybridized carbons (Fsp3) is 0.300. The van der Waals surface area contributed by atoms with Crippen LogP contribution in [0.25, 0.3) is 0 Å². The number of H-pyrrole nitrogens is 1. The second-order valence-corrected chi connectivity index (χ2v) is 5.36. The Balaban J connectivity index is 1.60. The van der Waals surface area contributed by atoms with Gasteiger partial charge < -0.3 is 5.32 Å². The van der Waals surface area contributed by atoms with Gasteiger partial charge in [-0.05, 0) is 11.4 Å². The molecule has 0 radical (unpaired) electrons. The Hall–Kier alpha value is -1.34. The van der Waals surface area contributed by atoms with Crippen molar-refractivity contribution in [2.45, 2.75) is 11.6 Å². The summed E-state index contributed by atoms with van der Waals surface area (Å²) in [7, 11) is 0. The van der Waals surface area contributed by atoms with E-state index in [1.807, 2.05) is 17.5 Å². The molecule has 0 saturated heterocycles. The van der Waals surface area contributed by atoms with Gasteiger partial charge in [-0.3, -0.25) is 9.89 Å². The first-order chi connectivity index (χ1) is 8.34. The average molecular weight is 268 g/mol. The fourth-order valence-corrected chi connectivity index (χ4v) is 2.58. The highest BCUT2D eigenvalue weighted by Crippen LogP contribution is 2.10. The number of amides is 1. The van der Waals surface area contributed by atoms with Crippen LogP contribution in [-0.4, -0.2) is 33.4 Å². The molecular weight excluding hydrogens is 256 g/mol. The molecule has 2 rings (SSSR count). The van der Waals surface area contributed by atoms with Gasteiger partial charge in [0.15, 0.2) is 5.16 Å². The number of nitrogens with zero attached hydrogens (tertiary/aromatic N) is 2. The summed E-state index contributed by atoms with van der Waals surface area (Å²) in [6.45, 7) is 0.634. The summed E-state index contributed by atoms with van der Waals surface area (Å²) >= 11 is 3.13. The van der Waals surface area contributed by atoms with E-state index < -0.39 is 0 Å². The van der Waals surface area contributed by atoms with Crippen molar-refractivity contribution in [1.82, 2.24) is 20.5 Å². The van der Waals surface area contributed by atoms with Gasteiger partial charge in [0, 0.05) is 17.2 Å². The highest BCUT2D eigenvalue weighted by Gasteiger charge is 2.03. The Morgan fingerprint density at radius 1 is 1.59 bits per heavy atom. The molecule has 2 N–H and O–H groups in total. The Morgan fingerprint density at radius 3 is 3.24 bits per heavy atom. The molecule has 0 atom stereocenters. The van der Waals surface area contributed by atoms with Gasteiger partial charge in [0.1, 0.15) is 6.33 Å². The maximum atomic E-state index is 11.5. The largest absolute Gasteiger partial charge is 0.355 e. The Kier molecular flexibility index (Phi) is 4.57. The van der Waals surface area contributed by atoms with E-state index in [1.165, 1.54) is 18.1 Å². The number of hydrogen-bond donors (Lipinski definition) is 2. The highest BCUT2D eigenvalue weighted by molar-refractivity contribution is 7.99. The van der Waals surface area contributed by atoms with Crippen molar-refractivity contribution in [3.63, 3.8) is 0 Å². The van der Waals surface area contributed by atoms with E-state index in [-0.39, 0.29) is 5.91 Å². The van der Waals surface area contributed by atoms with Gasteiger partial charge in [0.25, 0.3) is 0 Å². The zero-order valence-electron chi connectivity index (χ0n) is 9.05. The van der Waals surface area contributed by atoms with Gasteiger partial charge in [-0.1, -0.05) is 17.8 Å². The molecule has 0 aliphatic rings. The van der Waals surface area contributed by atoms with Crippen molar-refractivity contribution in [1.29, 1.82) is 0 Å². The summed E-state index contributed by atoms with van der Waals surface area (Å²) in [4.78, 5) is 16.6. The summed E-state index contributed by atoms with van der Waals surface area (Å²) in [6.07, 6.45) is 1.93. The van der Waals surface area contributed by atoms with E-state index in [9.17, 15) is 4.79 Å². The van der Waals surface area contributed by atoms with Crippen LogP contribution in [-0.2, 0) is 11.2 Å². The van der Waals surface area contributed by atoms with Crippen molar-refractivity contribution in [2.24, 2.45) is 0 Å². The van der Waals surface area contributed by atoms with E-state index in [1.54, 1.807) is 11.3 Å². The second-order valence-electron chi connectivity index (χ2n) is 3.25. The van der Waals surface area contributed by atoms with Gasteiger partial charge in [-0.2, -0.15) is 5.10 Å². The quantitative estimate of drug-likeness (QED) is 0.612. The summed E-state index contributed by atoms with van der Waals surface area (Å²) in [5.41, 5.74) is 0. The Morgan fingerprint density at radius 2 is 2.53 bits per heavy atom. The Labute approximate surface area is 107 Å². The number of carbonyl (C=O) groups is 1. The molecule has 2 aromatic rings. The number of nitrogens with one attached hydrogen (secondary N) is 2. The van der Waals surface area contributed by atoms with Crippen LogP contribution < -0.4 is 5.32 Å². The lowest BCUT2D eigenvalue weighted by molar-refractivity contribution is -0.120. The molecule has 17 heavy (non-hydrogen) atoms. The normalized spacial score (nSPS) is 10.4. The molecule has 0 aliphatic heterocycles. The maximum Gasteiger partial charge on any atom is 0.225 e. The lowest BCUT2D eigenvalue weighted by atomic mass is 10.3. The number of hydrogen-bond acceptors (Lipinski definition) is 5. The lowest BCUT2D eigenvalue weighted by Gasteiger charge is -2.02. The van der Waals surface area contributed by atoms with Crippen LogP contribution in [0.4, 0.5) is 0 Å². The predicted octanol–water partition coefficient (Wildman–Crippen LogP) is 1.32. The summed E-state index contributed by atoms with van der Waals surface area (Å²) in [6, 6.07) is 3.92. The molecule has 0 aliphatic carbocycles. The third kappa shape index (κ3) is 4.20. The molecule has 1 amide bonds. The van der Waals surface area contributed by atoms with Crippen molar-refractivity contribution in [2.75, 3.05) is 12.3 Å². The Bertz CT molecular complexity index is 441. The van der Waals surface area contributed by atoms with Crippen LogP contribution in [0.2, 0.25) is 0 Å². The fourth-order valence-electron chi connectivity index (χ4n) is 1.24. The first-order valence-corrected chi connectivity index (χ1v) is 6.98. The number of rotatable bonds is 6. The topological polar surface area (TPSA) is 70.7 Å². The number of aromatic amines is 1. The molecular formula is C10H12N4OS2. The molecule has 0 unspecified atom stereocenters. The van der Waals surface area contributed by atoms with Crippen LogP contribution in [0.15, 0.2) is 29.0 Å². The molecule has 7 heteroatoms. The smallest absolute Gasteiger partial charge is 0.225 e. The molecule has 0 fully saturated rings. The maximum absolute atomic E-state index is 11.5. The van der Waals surface area contributed by atoms with E-state index in [0.29, 0.717) is 13.0 Å². The monoisotopic (exact) mass is 268 g/mol. The van der Waals surface area contributed by atoms with Gasteiger partial charge in [0.05, 0.1) is 6.42 Å². The number of thiophene rings is 1. The van der Waals surface area contributed by atoms with Crippen molar-refractivity contribution in [3.8, 4) is 0 Å². The number of aromatic nitrogens is 3. The third-order valence-electron chi connectivity index (χ3n) is 1.97. The standard InChI is InChI=1S/C10H12N4OS2/c15-9(6-8-2-1-4-16-8)11-3-5-17-10-12-7-13-14-10/h1-2,4,7H,3,5-6H2,(H,11,15)(H,12,13,14). The minimum absolute atomic E-state index is 0.0608. The van der Waals surface area contributed by atoms with E-state index in [4.69, 9.17) is 0 Å². The lowest BCUT2D eigenvalue weighted by Crippen LogP contribution is -2.27. The van der Waals surface area contributed by atoms with Gasteiger partial charge in [-0.25, -0.2) is 4.98 Å². The third-order valence-corrected chi connectivity index (χ3v) is 3.73. The molecule has 90 valence electrons. The first-order valence-electron chi connectivity index (χ1n) is 5.12. The molecule has 2 aromatic heterocycles. The minimum atomic E-state index is 0.0608. The molecule has 2 heterocycles. The first kappa shape index (κ1) is 12.1. The van der Waals surface area contributed by atoms with Crippen LogP contribution >= 0.6 is 23.1 Å². The van der Waals surface area contributed by atoms with E-state index >= 15 is 0 Å². The summed E-state index contributed by atoms with van der Waals surface area (Å²) in [5, 5.41) is 12.1. The summed E-state index contributed by atoms with van der Waals surface area (Å²) < 4.78 is 0. The number of carbonyl (C=O) groups excluding carboxylic acids is 1. The highest BCUT2D eigenvalue weighted by atomic mass is 32.2. The average Bonchev–Trinajstić information content (AvgIpc) is 2.96. The van der Waals surface area contributed by atoms with Crippen molar-refractivity contribution >= 4 is 29.0 Å². The zero-order valence-corrected chi connectivity index (χ0v) is 10.7. The van der Waals surface area contributed by atoms with E-state index in [0.717, 1.165) is 15.8 Å². The van der Waals surface area contributed by atoms with Gasteiger partial charge in [0.2, 0.25) is 5.91 Å². The molecule has 5 nitrogen and oxygen atoms in total. The van der Waals surface area contributed by atoms with Crippen LogP contribution in [0.5, 0.6) is 0 Å². The van der Waals surface area contributed by atoms with Crippen LogP contribution in [0.3, 0.4) is 0 Å². The predicted molar refractivity (Wildman–Crippen MR) is 68.1 cm³/mol.